The number of anilines is 2. The maximum atomic E-state index is 5.43. The molecule has 1 aromatic rings. The second-order valence-electron chi connectivity index (χ2n) is 4.31. The number of hydrogen-bond donors (Lipinski definition) is 3. The molecule has 2 heterocycles. The van der Waals surface area contributed by atoms with E-state index in [4.69, 9.17) is 15.3 Å². The van der Waals surface area contributed by atoms with Gasteiger partial charge in [-0.1, -0.05) is 0 Å². The van der Waals surface area contributed by atoms with Crippen molar-refractivity contribution in [3.05, 3.63) is 0 Å². The number of aromatic nitrogens is 3. The molecule has 0 aromatic carbocycles. The van der Waals surface area contributed by atoms with Crippen molar-refractivity contribution in [3.63, 3.8) is 0 Å². The molecule has 8 heteroatoms. The zero-order valence-corrected chi connectivity index (χ0v) is 11.1. The maximum absolute atomic E-state index is 5.43. The van der Waals surface area contributed by atoms with E-state index in [1.54, 1.807) is 0 Å². The van der Waals surface area contributed by atoms with Gasteiger partial charge in [-0.25, -0.2) is 5.84 Å². The number of nitrogen functional groups attached to an aromatic ring is 1. The van der Waals surface area contributed by atoms with Gasteiger partial charge in [0.25, 0.3) is 0 Å². The Labute approximate surface area is 112 Å². The molecule has 2 rings (SSSR count). The first-order valence-electron chi connectivity index (χ1n) is 6.49. The van der Waals surface area contributed by atoms with Gasteiger partial charge in [0, 0.05) is 13.2 Å². The molecule has 1 fully saturated rings. The zero-order valence-electron chi connectivity index (χ0n) is 11.1. The molecule has 0 aliphatic carbocycles. The highest BCUT2D eigenvalue weighted by atomic mass is 16.5. The molecule has 8 nitrogen and oxygen atoms in total. The Bertz CT molecular complexity index is 397. The second-order valence-corrected chi connectivity index (χ2v) is 4.31. The van der Waals surface area contributed by atoms with Crippen LogP contribution in [-0.2, 0) is 4.74 Å². The van der Waals surface area contributed by atoms with Crippen molar-refractivity contribution in [1.29, 1.82) is 0 Å². The summed E-state index contributed by atoms with van der Waals surface area (Å²) in [5, 5.41) is 3.17. The van der Waals surface area contributed by atoms with Gasteiger partial charge in [-0.3, -0.25) is 5.43 Å². The highest BCUT2D eigenvalue weighted by Crippen LogP contribution is 2.15. The number of rotatable bonds is 6. The number of hydrazine groups is 1. The average Bonchev–Trinajstić information content (AvgIpc) is 2.46. The fourth-order valence-corrected chi connectivity index (χ4v) is 1.90. The van der Waals surface area contributed by atoms with Gasteiger partial charge in [0.1, 0.15) is 0 Å². The molecule has 0 spiro atoms. The van der Waals surface area contributed by atoms with Crippen LogP contribution in [0.25, 0.3) is 0 Å². The molecule has 0 amide bonds. The summed E-state index contributed by atoms with van der Waals surface area (Å²) in [6.45, 7) is 4.76. The van der Waals surface area contributed by atoms with E-state index in [1.165, 1.54) is 0 Å². The predicted molar refractivity (Wildman–Crippen MR) is 70.8 cm³/mol. The molecule has 106 valence electrons. The maximum Gasteiger partial charge on any atom is 0.323 e. The van der Waals surface area contributed by atoms with Crippen LogP contribution in [0.1, 0.15) is 19.8 Å². The first-order chi connectivity index (χ1) is 9.31. The SMILES string of the molecule is CCOc1nc(NN)nc(NCC2CCCOC2)n1. The van der Waals surface area contributed by atoms with Gasteiger partial charge in [-0.2, -0.15) is 15.0 Å². The lowest BCUT2D eigenvalue weighted by molar-refractivity contribution is 0.0594. The van der Waals surface area contributed by atoms with E-state index >= 15 is 0 Å². The van der Waals surface area contributed by atoms with Gasteiger partial charge in [0.05, 0.1) is 13.2 Å². The molecule has 1 aromatic heterocycles. The topological polar surface area (TPSA) is 107 Å². The first kappa shape index (κ1) is 13.8. The summed E-state index contributed by atoms with van der Waals surface area (Å²) in [7, 11) is 0. The van der Waals surface area contributed by atoms with Gasteiger partial charge in [-0.15, -0.1) is 0 Å². The number of hydrogen-bond acceptors (Lipinski definition) is 8. The fraction of sp³-hybridized carbons (Fsp3) is 0.727. The largest absolute Gasteiger partial charge is 0.464 e. The Morgan fingerprint density at radius 2 is 2.21 bits per heavy atom. The molecule has 1 atom stereocenters. The van der Waals surface area contributed by atoms with Crippen LogP contribution >= 0.6 is 0 Å². The van der Waals surface area contributed by atoms with E-state index in [9.17, 15) is 0 Å². The van der Waals surface area contributed by atoms with Gasteiger partial charge < -0.3 is 14.8 Å². The predicted octanol–water partition coefficient (Wildman–Crippen LogP) is 0.394. The quantitative estimate of drug-likeness (QED) is 0.502. The molecule has 0 radical (unpaired) electrons. The van der Waals surface area contributed by atoms with Crippen molar-refractivity contribution in [2.75, 3.05) is 37.1 Å². The summed E-state index contributed by atoms with van der Waals surface area (Å²) in [6.07, 6.45) is 2.25. The van der Waals surface area contributed by atoms with Crippen LogP contribution in [0.15, 0.2) is 0 Å². The van der Waals surface area contributed by atoms with Crippen molar-refractivity contribution in [3.8, 4) is 6.01 Å². The van der Waals surface area contributed by atoms with Crippen LogP contribution in [0, 0.1) is 5.92 Å². The van der Waals surface area contributed by atoms with Gasteiger partial charge in [0.15, 0.2) is 0 Å². The van der Waals surface area contributed by atoms with Crippen LogP contribution in [0.3, 0.4) is 0 Å². The van der Waals surface area contributed by atoms with Crippen molar-refractivity contribution < 1.29 is 9.47 Å². The smallest absolute Gasteiger partial charge is 0.323 e. The Kier molecular flexibility index (Phi) is 5.10. The van der Waals surface area contributed by atoms with Crippen molar-refractivity contribution in [2.45, 2.75) is 19.8 Å². The zero-order chi connectivity index (χ0) is 13.5. The Balaban J connectivity index is 1.95. The normalized spacial score (nSPS) is 18.9. The van der Waals surface area contributed by atoms with E-state index in [2.05, 4.69) is 25.7 Å². The monoisotopic (exact) mass is 268 g/mol. The lowest BCUT2D eigenvalue weighted by Gasteiger charge is -2.22. The summed E-state index contributed by atoms with van der Waals surface area (Å²) >= 11 is 0. The van der Waals surface area contributed by atoms with Crippen LogP contribution in [0.2, 0.25) is 0 Å². The van der Waals surface area contributed by atoms with Crippen molar-refractivity contribution >= 4 is 11.9 Å². The molecule has 19 heavy (non-hydrogen) atoms. The van der Waals surface area contributed by atoms with Gasteiger partial charge in [-0.05, 0) is 25.7 Å². The molecule has 1 aliphatic heterocycles. The molecular weight excluding hydrogens is 248 g/mol. The van der Waals surface area contributed by atoms with Gasteiger partial charge in [0.2, 0.25) is 11.9 Å². The highest BCUT2D eigenvalue weighted by molar-refractivity contribution is 5.34. The van der Waals surface area contributed by atoms with Crippen LogP contribution < -0.4 is 21.3 Å². The molecule has 1 saturated heterocycles. The second kappa shape index (κ2) is 7.05. The Morgan fingerprint density at radius 1 is 1.37 bits per heavy atom. The van der Waals surface area contributed by atoms with E-state index in [-0.39, 0.29) is 12.0 Å². The molecular formula is C11H20N6O2. The number of nitrogens with one attached hydrogen (secondary N) is 2. The van der Waals surface area contributed by atoms with Crippen LogP contribution in [-0.4, -0.2) is 41.3 Å². The number of nitrogens with zero attached hydrogens (tertiary/aromatic N) is 3. The van der Waals surface area contributed by atoms with E-state index < -0.39 is 0 Å². The highest BCUT2D eigenvalue weighted by Gasteiger charge is 2.14. The molecule has 1 unspecified atom stereocenters. The van der Waals surface area contributed by atoms with Gasteiger partial charge >= 0.3 is 6.01 Å². The van der Waals surface area contributed by atoms with Crippen LogP contribution in [0.5, 0.6) is 6.01 Å². The van der Waals surface area contributed by atoms with E-state index in [0.717, 1.165) is 32.6 Å². The van der Waals surface area contributed by atoms with Crippen molar-refractivity contribution in [1.82, 2.24) is 15.0 Å². The summed E-state index contributed by atoms with van der Waals surface area (Å²) < 4.78 is 10.7. The van der Waals surface area contributed by atoms with E-state index in [0.29, 0.717) is 18.5 Å². The molecule has 4 N–H and O–H groups in total. The summed E-state index contributed by atoms with van der Waals surface area (Å²) in [5.74, 6) is 6.53. The minimum Gasteiger partial charge on any atom is -0.464 e. The first-order valence-corrected chi connectivity index (χ1v) is 6.49. The average molecular weight is 268 g/mol. The fourth-order valence-electron chi connectivity index (χ4n) is 1.90. The van der Waals surface area contributed by atoms with Crippen molar-refractivity contribution in [2.24, 2.45) is 11.8 Å². The minimum absolute atomic E-state index is 0.257. The minimum atomic E-state index is 0.257. The number of nitrogens with two attached hydrogens (primary N) is 1. The van der Waals surface area contributed by atoms with Crippen LogP contribution in [0.4, 0.5) is 11.9 Å². The lowest BCUT2D eigenvalue weighted by atomic mass is 10.0. The molecule has 1 aliphatic rings. The van der Waals surface area contributed by atoms with E-state index in [1.807, 2.05) is 6.92 Å². The summed E-state index contributed by atoms with van der Waals surface area (Å²) in [5.41, 5.74) is 2.40. The lowest BCUT2D eigenvalue weighted by Crippen LogP contribution is -2.25. The third-order valence-corrected chi connectivity index (χ3v) is 2.82. The Hall–Kier alpha value is -1.67. The molecule has 0 bridgehead atoms. The number of ether oxygens (including phenoxy) is 2. The summed E-state index contributed by atoms with van der Waals surface area (Å²) in [4.78, 5) is 12.3. The Morgan fingerprint density at radius 3 is 2.89 bits per heavy atom. The summed E-state index contributed by atoms with van der Waals surface area (Å²) in [6, 6.07) is 0.257. The molecule has 0 saturated carbocycles. The third kappa shape index (κ3) is 4.18. The standard InChI is InChI=1S/C11H20N6O2/c1-2-19-11-15-9(14-10(16-11)17-12)13-6-8-4-3-5-18-7-8/h8H,2-7,12H2,1H3,(H2,13,14,15,16,17). The third-order valence-electron chi connectivity index (χ3n) is 2.82.